The lowest BCUT2D eigenvalue weighted by atomic mass is 10.0. The molecule has 6 nitrogen and oxygen atoms in total. The maximum atomic E-state index is 13.4. The van der Waals surface area contributed by atoms with Crippen molar-refractivity contribution >= 4 is 5.69 Å². The van der Waals surface area contributed by atoms with Crippen molar-refractivity contribution < 1.29 is 14.1 Å². The average Bonchev–Trinajstić information content (AvgIpc) is 2.38. The van der Waals surface area contributed by atoms with Gasteiger partial charge in [0.05, 0.1) is 17.6 Å². The summed E-state index contributed by atoms with van der Waals surface area (Å²) in [4.78, 5) is 9.68. The first-order chi connectivity index (χ1) is 9.41. The lowest BCUT2D eigenvalue weighted by Gasteiger charge is -2.22. The van der Waals surface area contributed by atoms with E-state index in [1.54, 1.807) is 6.92 Å². The smallest absolute Gasteiger partial charge is 0.305 e. The summed E-state index contributed by atoms with van der Waals surface area (Å²) in [7, 11) is 0. The number of nitrogens with one attached hydrogen (secondary N) is 1. The number of ether oxygens (including phenoxy) is 1. The van der Waals surface area contributed by atoms with Gasteiger partial charge in [-0.2, -0.15) is 9.65 Å². The zero-order valence-electron chi connectivity index (χ0n) is 11.4. The highest BCUT2D eigenvalue weighted by Gasteiger charge is 2.22. The number of benzene rings is 1. The number of nitrogens with zero attached hydrogens (tertiary/aromatic N) is 2. The number of halogens is 1. The maximum Gasteiger partial charge on any atom is 0.305 e. The third-order valence-corrected chi connectivity index (χ3v) is 2.80. The van der Waals surface area contributed by atoms with Gasteiger partial charge in [-0.1, -0.05) is 6.92 Å². The summed E-state index contributed by atoms with van der Waals surface area (Å²) < 4.78 is 18.7. The van der Waals surface area contributed by atoms with Crippen LogP contribution in [0.5, 0.6) is 5.75 Å². The molecule has 0 aliphatic heterocycles. The van der Waals surface area contributed by atoms with Crippen LogP contribution in [0.25, 0.3) is 0 Å². The Hall–Kier alpha value is -2.20. The topological polar surface area (TPSA) is 88.2 Å². The highest BCUT2D eigenvalue weighted by atomic mass is 19.1. The fourth-order valence-corrected chi connectivity index (χ4v) is 1.67. The molecule has 1 aromatic carbocycles. The number of hydrogen-bond acceptors (Lipinski definition) is 5. The maximum absolute atomic E-state index is 13.4. The Balaban J connectivity index is 2.61. The molecule has 7 heteroatoms. The van der Waals surface area contributed by atoms with Crippen molar-refractivity contribution in [2.24, 2.45) is 0 Å². The van der Waals surface area contributed by atoms with E-state index < -0.39 is 22.0 Å². The van der Waals surface area contributed by atoms with E-state index in [1.807, 2.05) is 6.92 Å². The molecule has 1 aromatic rings. The molecule has 0 saturated heterocycles. The van der Waals surface area contributed by atoms with Gasteiger partial charge in [0, 0.05) is 18.6 Å². The zero-order valence-corrected chi connectivity index (χ0v) is 11.4. The van der Waals surface area contributed by atoms with Gasteiger partial charge in [-0.05, 0) is 19.5 Å². The summed E-state index contributed by atoms with van der Waals surface area (Å²) in [5.41, 5.74) is -1.31. The summed E-state index contributed by atoms with van der Waals surface area (Å²) in [5.74, 6) is -0.743. The van der Waals surface area contributed by atoms with Crippen molar-refractivity contribution in [3.05, 3.63) is 34.1 Å². The SMILES string of the molecule is CCNC(C)(C#N)CCOc1ccc([N+](=O)[O-])c(F)c1. The number of nitro benzene ring substituents is 1. The lowest BCUT2D eigenvalue weighted by Crippen LogP contribution is -2.42. The molecule has 108 valence electrons. The van der Waals surface area contributed by atoms with Crippen LogP contribution in [0.3, 0.4) is 0 Å². The molecule has 0 fully saturated rings. The summed E-state index contributed by atoms with van der Waals surface area (Å²) >= 11 is 0. The standard InChI is InChI=1S/C13H16FN3O3/c1-3-16-13(2,9-15)6-7-20-10-4-5-12(17(18)19)11(14)8-10/h4-5,8,16H,3,6-7H2,1-2H3. The van der Waals surface area contributed by atoms with Gasteiger partial charge in [0.25, 0.3) is 0 Å². The fraction of sp³-hybridized carbons (Fsp3) is 0.462. The number of nitriles is 1. The van der Waals surface area contributed by atoms with E-state index in [1.165, 1.54) is 6.07 Å². The first-order valence-electron chi connectivity index (χ1n) is 6.15. The van der Waals surface area contributed by atoms with Crippen LogP contribution in [-0.2, 0) is 0 Å². The molecular formula is C13H16FN3O3. The monoisotopic (exact) mass is 281 g/mol. The minimum absolute atomic E-state index is 0.199. The molecule has 0 heterocycles. The Morgan fingerprint density at radius 3 is 2.80 bits per heavy atom. The van der Waals surface area contributed by atoms with E-state index in [4.69, 9.17) is 10.00 Å². The van der Waals surface area contributed by atoms with E-state index in [9.17, 15) is 14.5 Å². The molecule has 1 rings (SSSR count). The Morgan fingerprint density at radius 1 is 1.60 bits per heavy atom. The van der Waals surface area contributed by atoms with Crippen LogP contribution in [0.4, 0.5) is 10.1 Å². The van der Waals surface area contributed by atoms with Crippen molar-refractivity contribution in [3.63, 3.8) is 0 Å². The van der Waals surface area contributed by atoms with Crippen LogP contribution in [0.2, 0.25) is 0 Å². The Labute approximate surface area is 116 Å². The molecule has 0 spiro atoms. The van der Waals surface area contributed by atoms with Crippen LogP contribution >= 0.6 is 0 Å². The van der Waals surface area contributed by atoms with E-state index in [-0.39, 0.29) is 12.4 Å². The second-order valence-electron chi connectivity index (χ2n) is 4.44. The van der Waals surface area contributed by atoms with Crippen LogP contribution < -0.4 is 10.1 Å². The van der Waals surface area contributed by atoms with Crippen LogP contribution in [0.15, 0.2) is 18.2 Å². The average molecular weight is 281 g/mol. The predicted octanol–water partition coefficient (Wildman–Crippen LogP) is 2.39. The Morgan fingerprint density at radius 2 is 2.30 bits per heavy atom. The normalized spacial score (nSPS) is 13.3. The molecule has 0 saturated carbocycles. The summed E-state index contributed by atoms with van der Waals surface area (Å²) in [6.07, 6.45) is 0.413. The van der Waals surface area contributed by atoms with Crippen LogP contribution in [0.1, 0.15) is 20.3 Å². The van der Waals surface area contributed by atoms with Gasteiger partial charge < -0.3 is 4.74 Å². The van der Waals surface area contributed by atoms with Crippen molar-refractivity contribution in [2.45, 2.75) is 25.8 Å². The summed E-state index contributed by atoms with van der Waals surface area (Å²) in [6, 6.07) is 5.50. The van der Waals surface area contributed by atoms with Gasteiger partial charge >= 0.3 is 5.69 Å². The van der Waals surface area contributed by atoms with Crippen molar-refractivity contribution in [1.82, 2.24) is 5.32 Å². The third-order valence-electron chi connectivity index (χ3n) is 2.80. The first kappa shape index (κ1) is 15.9. The highest BCUT2D eigenvalue weighted by Crippen LogP contribution is 2.22. The molecule has 0 amide bonds. The highest BCUT2D eigenvalue weighted by molar-refractivity contribution is 5.37. The summed E-state index contributed by atoms with van der Waals surface area (Å²) in [5, 5.41) is 22.5. The van der Waals surface area contributed by atoms with Crippen LogP contribution in [0, 0.1) is 27.3 Å². The van der Waals surface area contributed by atoms with Gasteiger partial charge in [0.15, 0.2) is 0 Å². The molecule has 1 atom stereocenters. The molecular weight excluding hydrogens is 265 g/mol. The van der Waals surface area contributed by atoms with E-state index in [0.717, 1.165) is 12.1 Å². The molecule has 20 heavy (non-hydrogen) atoms. The predicted molar refractivity (Wildman–Crippen MR) is 70.9 cm³/mol. The second-order valence-corrected chi connectivity index (χ2v) is 4.44. The largest absolute Gasteiger partial charge is 0.493 e. The number of rotatable bonds is 7. The molecule has 0 radical (unpaired) electrons. The molecule has 0 aliphatic rings. The molecule has 1 unspecified atom stereocenters. The molecule has 0 aliphatic carbocycles. The number of hydrogen-bond donors (Lipinski definition) is 1. The van der Waals surface area contributed by atoms with Crippen molar-refractivity contribution in [1.29, 1.82) is 5.26 Å². The zero-order chi connectivity index (χ0) is 15.2. The Bertz CT molecular complexity index is 530. The van der Waals surface area contributed by atoms with E-state index in [0.29, 0.717) is 13.0 Å². The Kier molecular flexibility index (Phi) is 5.41. The second kappa shape index (κ2) is 6.82. The van der Waals surface area contributed by atoms with Crippen molar-refractivity contribution in [2.75, 3.05) is 13.2 Å². The first-order valence-corrected chi connectivity index (χ1v) is 6.15. The number of nitro groups is 1. The van der Waals surface area contributed by atoms with Crippen LogP contribution in [-0.4, -0.2) is 23.6 Å². The van der Waals surface area contributed by atoms with Gasteiger partial charge in [-0.3, -0.25) is 15.4 Å². The minimum Gasteiger partial charge on any atom is -0.493 e. The fourth-order valence-electron chi connectivity index (χ4n) is 1.67. The molecule has 0 bridgehead atoms. The van der Waals surface area contributed by atoms with Crippen molar-refractivity contribution in [3.8, 4) is 11.8 Å². The quantitative estimate of drug-likeness (QED) is 0.612. The lowest BCUT2D eigenvalue weighted by molar-refractivity contribution is -0.387. The third kappa shape index (κ3) is 4.17. The van der Waals surface area contributed by atoms with Gasteiger partial charge in [0.1, 0.15) is 11.3 Å². The van der Waals surface area contributed by atoms with Gasteiger partial charge in [-0.15, -0.1) is 0 Å². The van der Waals surface area contributed by atoms with Gasteiger partial charge in [0.2, 0.25) is 5.82 Å². The molecule has 0 aromatic heterocycles. The molecule has 1 N–H and O–H groups in total. The van der Waals surface area contributed by atoms with E-state index in [2.05, 4.69) is 11.4 Å². The summed E-state index contributed by atoms with van der Waals surface area (Å²) in [6.45, 7) is 4.49. The van der Waals surface area contributed by atoms with Gasteiger partial charge in [-0.25, -0.2) is 0 Å². The van der Waals surface area contributed by atoms with E-state index >= 15 is 0 Å². The minimum atomic E-state index is -0.942.